The largest absolute Gasteiger partial charge is 0.299 e. The van der Waals surface area contributed by atoms with Gasteiger partial charge in [0.15, 0.2) is 0 Å². The van der Waals surface area contributed by atoms with Crippen LogP contribution in [-0.2, 0) is 10.0 Å². The lowest BCUT2D eigenvalue weighted by atomic mass is 9.90. The zero-order chi connectivity index (χ0) is 18.5. The van der Waals surface area contributed by atoms with Gasteiger partial charge in [0.2, 0.25) is 10.0 Å². The molecule has 8 heteroatoms. The molecule has 2 saturated heterocycles. The predicted molar refractivity (Wildman–Crippen MR) is 106 cm³/mol. The van der Waals surface area contributed by atoms with Crippen LogP contribution in [0.15, 0.2) is 53.4 Å². The Morgan fingerprint density at radius 1 is 1.07 bits per heavy atom. The second-order valence-corrected chi connectivity index (χ2v) is 9.43. The standard InChI is InChI=1S/C19H20ClFN2O2S.ClH/c1-22-10-14-11-23(12-16(14)19(22)13-5-3-2-4-6-13)26(24,25)18-8-7-15(21)9-17(18)20;/h2-9,14,16,19H,10-12H2,1H3;1H/t14-,16+,19-;/m0./s1. The van der Waals surface area contributed by atoms with Gasteiger partial charge in [0, 0.05) is 25.7 Å². The Morgan fingerprint density at radius 2 is 1.78 bits per heavy atom. The summed E-state index contributed by atoms with van der Waals surface area (Å²) >= 11 is 6.01. The van der Waals surface area contributed by atoms with E-state index in [-0.39, 0.29) is 40.2 Å². The molecule has 2 aliphatic rings. The maximum absolute atomic E-state index is 13.3. The molecule has 27 heavy (non-hydrogen) atoms. The minimum atomic E-state index is -3.74. The summed E-state index contributed by atoms with van der Waals surface area (Å²) in [5, 5.41) is -0.0706. The molecule has 4 rings (SSSR count). The van der Waals surface area contributed by atoms with E-state index >= 15 is 0 Å². The Balaban J connectivity index is 0.00000210. The molecule has 146 valence electrons. The zero-order valence-corrected chi connectivity index (χ0v) is 17.1. The van der Waals surface area contributed by atoms with Crippen molar-refractivity contribution in [2.45, 2.75) is 10.9 Å². The van der Waals surface area contributed by atoms with Crippen LogP contribution < -0.4 is 0 Å². The molecule has 0 aromatic heterocycles. The first kappa shape index (κ1) is 20.6. The van der Waals surface area contributed by atoms with Gasteiger partial charge in [-0.05, 0) is 42.6 Å². The molecule has 0 unspecified atom stereocenters. The minimum Gasteiger partial charge on any atom is -0.299 e. The number of hydrogen-bond donors (Lipinski definition) is 0. The summed E-state index contributed by atoms with van der Waals surface area (Å²) in [4.78, 5) is 2.28. The lowest BCUT2D eigenvalue weighted by molar-refractivity contribution is 0.261. The monoisotopic (exact) mass is 430 g/mol. The normalized spacial score (nSPS) is 26.0. The molecule has 0 aliphatic carbocycles. The molecular weight excluding hydrogens is 410 g/mol. The van der Waals surface area contributed by atoms with Crippen LogP contribution in [0, 0.1) is 17.7 Å². The molecule has 2 aliphatic heterocycles. The summed E-state index contributed by atoms with van der Waals surface area (Å²) in [7, 11) is -1.65. The van der Waals surface area contributed by atoms with Crippen LogP contribution >= 0.6 is 24.0 Å². The van der Waals surface area contributed by atoms with Crippen molar-refractivity contribution >= 4 is 34.0 Å². The van der Waals surface area contributed by atoms with E-state index in [0.717, 1.165) is 18.7 Å². The van der Waals surface area contributed by atoms with E-state index < -0.39 is 15.8 Å². The van der Waals surface area contributed by atoms with Crippen molar-refractivity contribution in [3.05, 3.63) is 64.9 Å². The number of fused-ring (bicyclic) bond motifs is 1. The van der Waals surface area contributed by atoms with Gasteiger partial charge in [0.1, 0.15) is 10.7 Å². The topological polar surface area (TPSA) is 40.6 Å². The first-order chi connectivity index (χ1) is 12.4. The van der Waals surface area contributed by atoms with Crippen molar-refractivity contribution in [1.29, 1.82) is 0 Å². The molecule has 0 radical (unpaired) electrons. The Kier molecular flexibility index (Phi) is 5.85. The molecule has 2 fully saturated rings. The molecule has 2 aromatic carbocycles. The van der Waals surface area contributed by atoms with E-state index in [4.69, 9.17) is 11.6 Å². The Hall–Kier alpha value is -1.18. The summed E-state index contributed by atoms with van der Waals surface area (Å²) in [6, 6.07) is 13.8. The van der Waals surface area contributed by atoms with Crippen LogP contribution in [0.4, 0.5) is 4.39 Å². The molecule has 0 spiro atoms. The molecule has 0 bridgehead atoms. The molecule has 0 N–H and O–H groups in total. The van der Waals surface area contributed by atoms with Crippen LogP contribution in [0.5, 0.6) is 0 Å². The molecule has 2 aromatic rings. The van der Waals surface area contributed by atoms with Crippen molar-refractivity contribution < 1.29 is 12.8 Å². The Bertz CT molecular complexity index is 927. The van der Waals surface area contributed by atoms with Gasteiger partial charge in [-0.15, -0.1) is 12.4 Å². The van der Waals surface area contributed by atoms with Gasteiger partial charge in [-0.2, -0.15) is 4.31 Å². The highest BCUT2D eigenvalue weighted by Crippen LogP contribution is 2.45. The zero-order valence-electron chi connectivity index (χ0n) is 14.8. The van der Waals surface area contributed by atoms with E-state index in [1.807, 2.05) is 18.2 Å². The molecule has 2 heterocycles. The fourth-order valence-corrected chi connectivity index (χ4v) is 6.43. The highest BCUT2D eigenvalue weighted by molar-refractivity contribution is 7.89. The van der Waals surface area contributed by atoms with Gasteiger partial charge >= 0.3 is 0 Å². The number of likely N-dealkylation sites (tertiary alicyclic amines) is 1. The second-order valence-electron chi connectivity index (χ2n) is 7.12. The number of rotatable bonds is 3. The highest BCUT2D eigenvalue weighted by atomic mass is 35.5. The summed E-state index contributed by atoms with van der Waals surface area (Å²) in [6.07, 6.45) is 0. The molecule has 0 saturated carbocycles. The third kappa shape index (κ3) is 3.61. The summed E-state index contributed by atoms with van der Waals surface area (Å²) in [5.41, 5.74) is 1.21. The summed E-state index contributed by atoms with van der Waals surface area (Å²) in [5.74, 6) is -0.0337. The van der Waals surface area contributed by atoms with Crippen molar-refractivity contribution in [2.24, 2.45) is 11.8 Å². The molecule has 0 amide bonds. The Labute approximate surface area is 170 Å². The van der Waals surface area contributed by atoms with E-state index in [9.17, 15) is 12.8 Å². The van der Waals surface area contributed by atoms with Crippen LogP contribution in [0.2, 0.25) is 5.02 Å². The van der Waals surface area contributed by atoms with Gasteiger partial charge in [-0.3, -0.25) is 4.90 Å². The number of sulfonamides is 1. The van der Waals surface area contributed by atoms with E-state index in [1.165, 1.54) is 15.9 Å². The van der Waals surface area contributed by atoms with Crippen molar-refractivity contribution in [3.63, 3.8) is 0 Å². The minimum absolute atomic E-state index is 0. The van der Waals surface area contributed by atoms with Gasteiger partial charge in [0.05, 0.1) is 5.02 Å². The maximum atomic E-state index is 13.3. The van der Waals surface area contributed by atoms with E-state index in [0.29, 0.717) is 13.1 Å². The SMILES string of the molecule is CN1C[C@H]2CN(S(=O)(=O)c3ccc(F)cc3Cl)C[C@H]2[C@@H]1c1ccccc1.Cl. The van der Waals surface area contributed by atoms with Crippen molar-refractivity contribution in [3.8, 4) is 0 Å². The van der Waals surface area contributed by atoms with Crippen LogP contribution in [-0.4, -0.2) is 44.3 Å². The smallest absolute Gasteiger partial charge is 0.244 e. The van der Waals surface area contributed by atoms with Crippen molar-refractivity contribution in [1.82, 2.24) is 9.21 Å². The molecule has 3 atom stereocenters. The lowest BCUT2D eigenvalue weighted by Crippen LogP contribution is -2.33. The lowest BCUT2D eigenvalue weighted by Gasteiger charge is -2.26. The maximum Gasteiger partial charge on any atom is 0.244 e. The average molecular weight is 431 g/mol. The first-order valence-electron chi connectivity index (χ1n) is 8.58. The third-order valence-electron chi connectivity index (χ3n) is 5.51. The summed E-state index contributed by atoms with van der Waals surface area (Å²) in [6.45, 7) is 1.77. The van der Waals surface area contributed by atoms with Crippen LogP contribution in [0.1, 0.15) is 11.6 Å². The first-order valence-corrected chi connectivity index (χ1v) is 10.4. The van der Waals surface area contributed by atoms with Crippen LogP contribution in [0.25, 0.3) is 0 Å². The highest BCUT2D eigenvalue weighted by Gasteiger charge is 2.49. The van der Waals surface area contributed by atoms with E-state index in [2.05, 4.69) is 24.1 Å². The fourth-order valence-electron chi connectivity index (χ4n) is 4.39. The predicted octanol–water partition coefficient (Wildman–Crippen LogP) is 3.82. The number of benzene rings is 2. The number of halogens is 3. The number of hydrogen-bond acceptors (Lipinski definition) is 3. The second kappa shape index (κ2) is 7.68. The van der Waals surface area contributed by atoms with Gasteiger partial charge < -0.3 is 0 Å². The van der Waals surface area contributed by atoms with Gasteiger partial charge in [-0.25, -0.2) is 12.8 Å². The summed E-state index contributed by atoms with van der Waals surface area (Å²) < 4.78 is 40.8. The van der Waals surface area contributed by atoms with E-state index in [1.54, 1.807) is 0 Å². The van der Waals surface area contributed by atoms with Gasteiger partial charge in [-0.1, -0.05) is 41.9 Å². The average Bonchev–Trinajstić information content (AvgIpc) is 3.12. The van der Waals surface area contributed by atoms with Gasteiger partial charge in [0.25, 0.3) is 0 Å². The molecular formula is C19H21Cl2FN2O2S. The number of nitrogens with zero attached hydrogens (tertiary/aromatic N) is 2. The fraction of sp³-hybridized carbons (Fsp3) is 0.368. The quantitative estimate of drug-likeness (QED) is 0.742. The molecule has 4 nitrogen and oxygen atoms in total. The third-order valence-corrected chi connectivity index (χ3v) is 7.83. The van der Waals surface area contributed by atoms with Crippen LogP contribution in [0.3, 0.4) is 0 Å². The van der Waals surface area contributed by atoms with Crippen molar-refractivity contribution in [2.75, 3.05) is 26.7 Å². The Morgan fingerprint density at radius 3 is 2.44 bits per heavy atom.